The van der Waals surface area contributed by atoms with Crippen molar-refractivity contribution in [2.24, 2.45) is 0 Å². The molecule has 0 saturated heterocycles. The van der Waals surface area contributed by atoms with E-state index in [2.05, 4.69) is 36.8 Å². The molecule has 0 radical (unpaired) electrons. The summed E-state index contributed by atoms with van der Waals surface area (Å²) in [5.74, 6) is 0. The summed E-state index contributed by atoms with van der Waals surface area (Å²) in [6, 6.07) is 1.34. The van der Waals surface area contributed by atoms with Crippen molar-refractivity contribution in [2.75, 3.05) is 0 Å². The Morgan fingerprint density at radius 1 is 1.38 bits per heavy atom. The highest BCUT2D eigenvalue weighted by atomic mass is 79.9. The molecule has 1 rings (SSSR count). The number of alkyl halides is 4. The molecule has 0 aliphatic rings. The van der Waals surface area contributed by atoms with E-state index in [0.29, 0.717) is 0 Å². The molecule has 0 spiro atoms. The highest BCUT2D eigenvalue weighted by Gasteiger charge is 2.35. The molecule has 72 valence electrons. The summed E-state index contributed by atoms with van der Waals surface area (Å²) in [5.41, 5.74) is -0.541. The van der Waals surface area contributed by atoms with Crippen molar-refractivity contribution >= 4 is 31.9 Å². The van der Waals surface area contributed by atoms with Crippen LogP contribution in [-0.2, 0) is 11.5 Å². The molecule has 1 aromatic heterocycles. The monoisotopic (exact) mass is 317 g/mol. The van der Waals surface area contributed by atoms with Gasteiger partial charge in [-0.1, -0.05) is 15.9 Å². The Kier molecular flexibility index (Phi) is 3.34. The lowest BCUT2D eigenvalue weighted by atomic mass is 10.1. The second kappa shape index (κ2) is 3.96. The summed E-state index contributed by atoms with van der Waals surface area (Å²) in [5, 5.41) is 0.156. The maximum absolute atomic E-state index is 12.4. The predicted molar refractivity (Wildman–Crippen MR) is 49.6 cm³/mol. The summed E-state index contributed by atoms with van der Waals surface area (Å²) in [7, 11) is 0. The summed E-state index contributed by atoms with van der Waals surface area (Å²) < 4.78 is 37.0. The molecule has 0 atom stereocenters. The molecule has 0 aliphatic carbocycles. The zero-order chi connectivity index (χ0) is 10.1. The van der Waals surface area contributed by atoms with E-state index in [0.717, 1.165) is 0 Å². The van der Waals surface area contributed by atoms with Gasteiger partial charge < -0.3 is 0 Å². The Bertz CT molecular complexity index is 311. The maximum atomic E-state index is 12.4. The molecular weight excluding hydrogens is 315 g/mol. The highest BCUT2D eigenvalue weighted by molar-refractivity contribution is 9.10. The number of hydrogen-bond donors (Lipinski definition) is 0. The zero-order valence-corrected chi connectivity index (χ0v) is 9.37. The molecule has 6 heteroatoms. The lowest BCUT2D eigenvalue weighted by Crippen LogP contribution is -2.10. The van der Waals surface area contributed by atoms with Crippen LogP contribution in [-0.4, -0.2) is 4.98 Å². The van der Waals surface area contributed by atoms with Gasteiger partial charge in [-0.05, 0) is 27.6 Å². The average molecular weight is 319 g/mol. The van der Waals surface area contributed by atoms with Gasteiger partial charge in [0.1, 0.15) is 4.60 Å². The summed E-state index contributed by atoms with van der Waals surface area (Å²) >= 11 is 5.76. The largest absolute Gasteiger partial charge is 0.419 e. The smallest absolute Gasteiger partial charge is 0.249 e. The Morgan fingerprint density at radius 3 is 2.38 bits per heavy atom. The van der Waals surface area contributed by atoms with Gasteiger partial charge >= 0.3 is 6.18 Å². The number of hydrogen-bond acceptors (Lipinski definition) is 1. The minimum Gasteiger partial charge on any atom is -0.249 e. The maximum Gasteiger partial charge on any atom is 0.419 e. The molecule has 0 N–H and O–H groups in total. The lowest BCUT2D eigenvalue weighted by molar-refractivity contribution is -0.138. The van der Waals surface area contributed by atoms with Gasteiger partial charge in [0.15, 0.2) is 0 Å². The molecule has 13 heavy (non-hydrogen) atoms. The van der Waals surface area contributed by atoms with Crippen LogP contribution in [0.4, 0.5) is 13.2 Å². The first-order chi connectivity index (χ1) is 5.96. The number of rotatable bonds is 1. The van der Waals surface area contributed by atoms with Crippen LogP contribution in [0.25, 0.3) is 0 Å². The van der Waals surface area contributed by atoms with Gasteiger partial charge in [0.05, 0.1) is 5.56 Å². The van der Waals surface area contributed by atoms with E-state index in [1.165, 1.54) is 12.3 Å². The SMILES string of the molecule is FC(F)(F)c1c(CBr)ccnc1Br. The fraction of sp³-hybridized carbons (Fsp3) is 0.286. The second-order valence-corrected chi connectivity index (χ2v) is 3.58. The molecule has 1 nitrogen and oxygen atoms in total. The van der Waals surface area contributed by atoms with Crippen molar-refractivity contribution in [2.45, 2.75) is 11.5 Å². The van der Waals surface area contributed by atoms with Crippen LogP contribution in [0.5, 0.6) is 0 Å². The summed E-state index contributed by atoms with van der Waals surface area (Å²) in [6.45, 7) is 0. The van der Waals surface area contributed by atoms with Gasteiger partial charge in [-0.25, -0.2) is 4.98 Å². The van der Waals surface area contributed by atoms with Crippen molar-refractivity contribution in [1.82, 2.24) is 4.98 Å². The van der Waals surface area contributed by atoms with Gasteiger partial charge in [-0.2, -0.15) is 13.2 Å². The first kappa shape index (κ1) is 11.0. The topological polar surface area (TPSA) is 12.9 Å². The lowest BCUT2D eigenvalue weighted by Gasteiger charge is -2.11. The van der Waals surface area contributed by atoms with E-state index in [1.54, 1.807) is 0 Å². The Hall–Kier alpha value is -0.100. The van der Waals surface area contributed by atoms with Crippen LogP contribution >= 0.6 is 31.9 Å². The number of aromatic nitrogens is 1. The van der Waals surface area contributed by atoms with Crippen LogP contribution in [0.3, 0.4) is 0 Å². The van der Waals surface area contributed by atoms with Crippen molar-refractivity contribution in [3.63, 3.8) is 0 Å². The van der Waals surface area contributed by atoms with Crippen LogP contribution in [0.15, 0.2) is 16.9 Å². The van der Waals surface area contributed by atoms with Crippen LogP contribution in [0.1, 0.15) is 11.1 Å². The fourth-order valence-electron chi connectivity index (χ4n) is 0.883. The molecule has 0 bridgehead atoms. The van der Waals surface area contributed by atoms with Crippen molar-refractivity contribution in [3.8, 4) is 0 Å². The van der Waals surface area contributed by atoms with Gasteiger partial charge in [0.25, 0.3) is 0 Å². The quantitative estimate of drug-likeness (QED) is 0.567. The van der Waals surface area contributed by atoms with E-state index >= 15 is 0 Å². The van der Waals surface area contributed by atoms with E-state index < -0.39 is 11.7 Å². The summed E-state index contributed by atoms with van der Waals surface area (Å²) in [6.07, 6.45) is -3.04. The zero-order valence-electron chi connectivity index (χ0n) is 6.20. The summed E-state index contributed by atoms with van der Waals surface area (Å²) in [4.78, 5) is 3.53. The highest BCUT2D eigenvalue weighted by Crippen LogP contribution is 2.36. The average Bonchev–Trinajstić information content (AvgIpc) is 2.01. The molecular formula is C7H4Br2F3N. The Morgan fingerprint density at radius 2 is 2.00 bits per heavy atom. The number of halogens is 5. The molecule has 0 fully saturated rings. The van der Waals surface area contributed by atoms with Gasteiger partial charge in [-0.15, -0.1) is 0 Å². The second-order valence-electron chi connectivity index (χ2n) is 2.27. The molecule has 1 aromatic rings. The predicted octanol–water partition coefficient (Wildman–Crippen LogP) is 3.76. The normalized spacial score (nSPS) is 11.8. The van der Waals surface area contributed by atoms with Crippen molar-refractivity contribution in [1.29, 1.82) is 0 Å². The first-order valence-corrected chi connectivity index (χ1v) is 5.15. The Balaban J connectivity index is 3.32. The van der Waals surface area contributed by atoms with Gasteiger partial charge in [0.2, 0.25) is 0 Å². The van der Waals surface area contributed by atoms with Crippen LogP contribution in [0.2, 0.25) is 0 Å². The number of nitrogens with zero attached hydrogens (tertiary/aromatic N) is 1. The van der Waals surface area contributed by atoms with E-state index in [-0.39, 0.29) is 15.5 Å². The molecule has 0 unspecified atom stereocenters. The van der Waals surface area contributed by atoms with E-state index in [4.69, 9.17) is 0 Å². The minimum atomic E-state index is -4.36. The fourth-order valence-corrected chi connectivity index (χ4v) is 1.95. The third kappa shape index (κ3) is 2.43. The van der Waals surface area contributed by atoms with E-state index in [1.807, 2.05) is 0 Å². The first-order valence-electron chi connectivity index (χ1n) is 3.23. The van der Waals surface area contributed by atoms with E-state index in [9.17, 15) is 13.2 Å². The third-order valence-corrected chi connectivity index (χ3v) is 2.62. The molecule has 0 aromatic carbocycles. The molecule has 0 amide bonds. The standard InChI is InChI=1S/C7H4Br2F3N/c8-3-4-1-2-13-6(9)5(4)7(10,11)12/h1-2H,3H2. The Labute approximate surface area is 89.6 Å². The van der Waals surface area contributed by atoms with Crippen LogP contribution in [0, 0.1) is 0 Å². The molecule has 0 saturated carbocycles. The van der Waals surface area contributed by atoms with Crippen LogP contribution < -0.4 is 0 Å². The minimum absolute atomic E-state index is 0.156. The molecule has 1 heterocycles. The molecule has 0 aliphatic heterocycles. The van der Waals surface area contributed by atoms with Crippen molar-refractivity contribution in [3.05, 3.63) is 28.0 Å². The van der Waals surface area contributed by atoms with Gasteiger partial charge in [-0.3, -0.25) is 0 Å². The number of pyridine rings is 1. The van der Waals surface area contributed by atoms with Crippen molar-refractivity contribution < 1.29 is 13.2 Å². The third-order valence-electron chi connectivity index (χ3n) is 1.42. The van der Waals surface area contributed by atoms with Gasteiger partial charge in [0, 0.05) is 11.5 Å².